The molecule has 1 aliphatic rings. The Labute approximate surface area is 208 Å². The first-order valence-corrected chi connectivity index (χ1v) is 12.8. The van der Waals surface area contributed by atoms with Crippen molar-refractivity contribution in [3.8, 4) is 5.75 Å². The van der Waals surface area contributed by atoms with Crippen LogP contribution in [-0.2, 0) is 16.8 Å². The summed E-state index contributed by atoms with van der Waals surface area (Å²) >= 11 is 1.73. The van der Waals surface area contributed by atoms with Crippen molar-refractivity contribution in [3.63, 3.8) is 0 Å². The SMILES string of the molecule is CCSc1ccc(CC(=O)Nc2ccc(OC3(c4ccc(F)cc4F)CCCCC3)c(F)c2)cc1. The van der Waals surface area contributed by atoms with E-state index >= 15 is 4.39 Å². The molecule has 3 nitrogen and oxygen atoms in total. The number of anilines is 1. The number of ether oxygens (including phenoxy) is 1. The lowest BCUT2D eigenvalue weighted by Gasteiger charge is -2.38. The van der Waals surface area contributed by atoms with Crippen LogP contribution in [0.5, 0.6) is 5.75 Å². The molecule has 1 amide bonds. The first-order chi connectivity index (χ1) is 16.9. The number of nitrogens with one attached hydrogen (secondary N) is 1. The molecule has 1 N–H and O–H groups in total. The van der Waals surface area contributed by atoms with Gasteiger partial charge in [-0.3, -0.25) is 4.79 Å². The van der Waals surface area contributed by atoms with Crippen molar-refractivity contribution in [2.75, 3.05) is 11.1 Å². The average Bonchev–Trinajstić information content (AvgIpc) is 2.83. The van der Waals surface area contributed by atoms with Crippen molar-refractivity contribution in [3.05, 3.63) is 89.2 Å². The Morgan fingerprint density at radius 3 is 2.34 bits per heavy atom. The molecule has 0 atom stereocenters. The maximum Gasteiger partial charge on any atom is 0.228 e. The minimum absolute atomic E-state index is 0.0300. The van der Waals surface area contributed by atoms with Gasteiger partial charge in [-0.2, -0.15) is 0 Å². The highest BCUT2D eigenvalue weighted by molar-refractivity contribution is 7.99. The van der Waals surface area contributed by atoms with Crippen LogP contribution in [-0.4, -0.2) is 11.7 Å². The van der Waals surface area contributed by atoms with Crippen LogP contribution in [0.1, 0.15) is 50.2 Å². The largest absolute Gasteiger partial charge is 0.479 e. The maximum atomic E-state index is 15.0. The smallest absolute Gasteiger partial charge is 0.228 e. The number of carbonyl (C=O) groups is 1. The highest BCUT2D eigenvalue weighted by Crippen LogP contribution is 2.43. The van der Waals surface area contributed by atoms with Crippen LogP contribution >= 0.6 is 11.8 Å². The second-order valence-electron chi connectivity index (χ2n) is 8.73. The Bertz CT molecular complexity index is 1180. The number of carbonyl (C=O) groups excluding carboxylic acids is 1. The van der Waals surface area contributed by atoms with Crippen LogP contribution in [0.4, 0.5) is 18.9 Å². The lowest BCUT2D eigenvalue weighted by Crippen LogP contribution is -2.36. The van der Waals surface area contributed by atoms with E-state index in [9.17, 15) is 13.6 Å². The maximum absolute atomic E-state index is 15.0. The molecule has 35 heavy (non-hydrogen) atoms. The van der Waals surface area contributed by atoms with E-state index in [-0.39, 0.29) is 23.6 Å². The van der Waals surface area contributed by atoms with Gasteiger partial charge >= 0.3 is 0 Å². The molecule has 1 saturated carbocycles. The van der Waals surface area contributed by atoms with Crippen LogP contribution in [0.25, 0.3) is 0 Å². The fourth-order valence-electron chi connectivity index (χ4n) is 4.54. The van der Waals surface area contributed by atoms with Gasteiger partial charge in [0.25, 0.3) is 0 Å². The molecule has 1 aliphatic carbocycles. The summed E-state index contributed by atoms with van der Waals surface area (Å²) in [6.07, 6.45) is 3.74. The summed E-state index contributed by atoms with van der Waals surface area (Å²) in [5.74, 6) is -1.33. The van der Waals surface area contributed by atoms with Crippen LogP contribution in [0.2, 0.25) is 0 Å². The van der Waals surface area contributed by atoms with E-state index in [1.54, 1.807) is 17.8 Å². The lowest BCUT2D eigenvalue weighted by molar-refractivity contribution is -0.115. The van der Waals surface area contributed by atoms with Gasteiger partial charge in [-0.05, 0) is 73.4 Å². The molecule has 4 rings (SSSR count). The van der Waals surface area contributed by atoms with Gasteiger partial charge < -0.3 is 10.1 Å². The van der Waals surface area contributed by atoms with E-state index in [1.807, 2.05) is 24.3 Å². The second-order valence-corrected chi connectivity index (χ2v) is 10.1. The molecule has 0 aromatic heterocycles. The summed E-state index contributed by atoms with van der Waals surface area (Å²) in [5.41, 5.74) is 0.343. The second kappa shape index (κ2) is 11.2. The van der Waals surface area contributed by atoms with Gasteiger partial charge in [-0.25, -0.2) is 13.2 Å². The number of thioether (sulfide) groups is 1. The third kappa shape index (κ3) is 6.20. The topological polar surface area (TPSA) is 38.3 Å². The summed E-state index contributed by atoms with van der Waals surface area (Å²) < 4.78 is 49.3. The molecule has 0 bridgehead atoms. The molecule has 3 aromatic carbocycles. The molecule has 184 valence electrons. The summed E-state index contributed by atoms with van der Waals surface area (Å²) in [6, 6.07) is 15.4. The Balaban J connectivity index is 1.47. The minimum atomic E-state index is -1.07. The fourth-order valence-corrected chi connectivity index (χ4v) is 5.20. The molecule has 0 aliphatic heterocycles. The number of hydrogen-bond acceptors (Lipinski definition) is 3. The lowest BCUT2D eigenvalue weighted by atomic mass is 9.79. The van der Waals surface area contributed by atoms with Gasteiger partial charge in [0.05, 0.1) is 6.42 Å². The molecule has 0 saturated heterocycles. The van der Waals surface area contributed by atoms with Crippen molar-refractivity contribution in [2.45, 2.75) is 55.9 Å². The Kier molecular flexibility index (Phi) is 8.06. The molecular formula is C28H28F3NO2S. The third-order valence-electron chi connectivity index (χ3n) is 6.20. The van der Waals surface area contributed by atoms with E-state index in [1.165, 1.54) is 24.3 Å². The van der Waals surface area contributed by atoms with E-state index in [4.69, 9.17) is 4.74 Å². The van der Waals surface area contributed by atoms with E-state index < -0.39 is 23.1 Å². The summed E-state index contributed by atoms with van der Waals surface area (Å²) in [7, 11) is 0. The van der Waals surface area contributed by atoms with Crippen LogP contribution in [0.3, 0.4) is 0 Å². The highest BCUT2D eigenvalue weighted by Gasteiger charge is 2.39. The number of halogens is 3. The van der Waals surface area contributed by atoms with Crippen molar-refractivity contribution in [2.24, 2.45) is 0 Å². The molecule has 0 heterocycles. The molecular weight excluding hydrogens is 471 g/mol. The third-order valence-corrected chi connectivity index (χ3v) is 7.10. The molecule has 3 aromatic rings. The van der Waals surface area contributed by atoms with Crippen molar-refractivity contribution in [1.82, 2.24) is 0 Å². The van der Waals surface area contributed by atoms with Gasteiger partial charge in [0.1, 0.15) is 17.2 Å². The predicted molar refractivity (Wildman–Crippen MR) is 133 cm³/mol. The Morgan fingerprint density at radius 1 is 0.943 bits per heavy atom. The van der Waals surface area contributed by atoms with Gasteiger partial charge in [-0.15, -0.1) is 11.8 Å². The number of hydrogen-bond donors (Lipinski definition) is 1. The predicted octanol–water partition coefficient (Wildman–Crippen LogP) is 7.64. The molecule has 0 radical (unpaired) electrons. The normalized spacial score (nSPS) is 15.0. The van der Waals surface area contributed by atoms with Gasteiger partial charge in [0, 0.05) is 28.3 Å². The molecule has 0 unspecified atom stereocenters. The quantitative estimate of drug-likeness (QED) is 0.324. The first-order valence-electron chi connectivity index (χ1n) is 11.8. The number of rotatable bonds is 8. The molecule has 1 fully saturated rings. The van der Waals surface area contributed by atoms with E-state index in [0.29, 0.717) is 18.5 Å². The molecule has 7 heteroatoms. The summed E-state index contributed by atoms with van der Waals surface area (Å²) in [4.78, 5) is 13.6. The fraction of sp³-hybridized carbons (Fsp3) is 0.321. The number of benzene rings is 3. The van der Waals surface area contributed by atoms with E-state index in [2.05, 4.69) is 12.2 Å². The zero-order valence-electron chi connectivity index (χ0n) is 19.6. The monoisotopic (exact) mass is 499 g/mol. The zero-order valence-corrected chi connectivity index (χ0v) is 20.4. The highest BCUT2D eigenvalue weighted by atomic mass is 32.2. The summed E-state index contributed by atoms with van der Waals surface area (Å²) in [5, 5.41) is 2.72. The van der Waals surface area contributed by atoms with Gasteiger partial charge in [0.2, 0.25) is 5.91 Å². The van der Waals surface area contributed by atoms with Gasteiger partial charge in [0.15, 0.2) is 11.6 Å². The van der Waals surface area contributed by atoms with E-state index in [0.717, 1.165) is 41.5 Å². The van der Waals surface area contributed by atoms with Crippen molar-refractivity contribution in [1.29, 1.82) is 0 Å². The van der Waals surface area contributed by atoms with Crippen molar-refractivity contribution >= 4 is 23.4 Å². The zero-order chi connectivity index (χ0) is 24.8. The molecule has 0 spiro atoms. The standard InChI is InChI=1S/C28H28F3NO2S/c1-2-35-22-10-6-19(7-11-22)16-27(33)32-21-9-13-26(25(31)18-21)34-28(14-4-3-5-15-28)23-12-8-20(29)17-24(23)30/h6-13,17-18H,2-5,14-16H2,1H3,(H,32,33). The van der Waals surface area contributed by atoms with Crippen LogP contribution in [0, 0.1) is 17.5 Å². The van der Waals surface area contributed by atoms with Gasteiger partial charge in [-0.1, -0.05) is 25.5 Å². The Morgan fingerprint density at radius 2 is 1.69 bits per heavy atom. The Hall–Kier alpha value is -2.93. The van der Waals surface area contributed by atoms with Crippen LogP contribution in [0.15, 0.2) is 65.6 Å². The minimum Gasteiger partial charge on any atom is -0.479 e. The average molecular weight is 500 g/mol. The van der Waals surface area contributed by atoms with Crippen LogP contribution < -0.4 is 10.1 Å². The first kappa shape index (κ1) is 25.2. The summed E-state index contributed by atoms with van der Waals surface area (Å²) in [6.45, 7) is 2.08. The van der Waals surface area contributed by atoms with Crippen molar-refractivity contribution < 1.29 is 22.7 Å². The number of amides is 1.